The van der Waals surface area contributed by atoms with Crippen LogP contribution in [0.3, 0.4) is 0 Å². The van der Waals surface area contributed by atoms with Gasteiger partial charge in [-0.1, -0.05) is 60.2 Å². The van der Waals surface area contributed by atoms with Gasteiger partial charge in [0.2, 0.25) is 0 Å². The third-order valence-corrected chi connectivity index (χ3v) is 6.79. The summed E-state index contributed by atoms with van der Waals surface area (Å²) in [6, 6.07) is 22.8. The number of anilines is 1. The number of amidine groups is 1. The van der Waals surface area contributed by atoms with Gasteiger partial charge in [-0.25, -0.2) is 0 Å². The van der Waals surface area contributed by atoms with Crippen molar-refractivity contribution in [3.05, 3.63) is 123 Å². The molecule has 7 nitrogen and oxygen atoms in total. The molecule has 0 amide bonds. The summed E-state index contributed by atoms with van der Waals surface area (Å²) < 4.78 is 0. The number of carbonyl (C=O) groups excluding carboxylic acids is 1. The van der Waals surface area contributed by atoms with E-state index >= 15 is 0 Å². The molecule has 0 saturated heterocycles. The first-order valence-electron chi connectivity index (χ1n) is 11.8. The summed E-state index contributed by atoms with van der Waals surface area (Å²) >= 11 is 0. The summed E-state index contributed by atoms with van der Waals surface area (Å²) in [6.45, 7) is 1.95. The van der Waals surface area contributed by atoms with E-state index in [4.69, 9.17) is 0 Å². The van der Waals surface area contributed by atoms with Gasteiger partial charge in [0.1, 0.15) is 11.6 Å². The summed E-state index contributed by atoms with van der Waals surface area (Å²) in [5.74, 6) is -0.769. The molecule has 3 aromatic rings. The maximum absolute atomic E-state index is 13.5. The fourth-order valence-corrected chi connectivity index (χ4v) is 5.04. The van der Waals surface area contributed by atoms with Gasteiger partial charge in [0.25, 0.3) is 5.69 Å². The topological polar surface area (TPSA) is 108 Å². The Bertz CT molecular complexity index is 1420. The van der Waals surface area contributed by atoms with E-state index in [1.807, 2.05) is 49.4 Å². The Balaban J connectivity index is 1.80. The Hall–Kier alpha value is -4.52. The second-order valence-corrected chi connectivity index (χ2v) is 9.07. The first-order valence-corrected chi connectivity index (χ1v) is 11.8. The number of ketones is 1. The quantitative estimate of drug-likeness (QED) is 0.254. The summed E-state index contributed by atoms with van der Waals surface area (Å²) in [4.78, 5) is 26.0. The predicted molar refractivity (Wildman–Crippen MR) is 139 cm³/mol. The highest BCUT2D eigenvalue weighted by Crippen LogP contribution is 2.48. The van der Waals surface area contributed by atoms with E-state index in [2.05, 4.69) is 0 Å². The highest BCUT2D eigenvalue weighted by atomic mass is 16.6. The van der Waals surface area contributed by atoms with Crippen molar-refractivity contribution in [2.75, 3.05) is 4.90 Å². The number of nitrogens with one attached hydrogen (secondary N) is 1. The Kier molecular flexibility index (Phi) is 5.98. The highest BCUT2D eigenvalue weighted by molar-refractivity contribution is 6.19. The fraction of sp³-hybridized carbons (Fsp3) is 0.172. The standard InChI is InChI=1S/C29H25N3O4/c1-18-10-12-20(13-11-18)28(34)27-25(19-14-16-22(17-15-19)32(35)36)26-23(8-5-9-24(26)33)31(29(27)30)21-6-3-2-4-7-21/h2-4,6-7,10-17,25,30,34H,5,8-9H2,1H3. The average molecular weight is 480 g/mol. The van der Waals surface area contributed by atoms with Crippen LogP contribution in [0.4, 0.5) is 11.4 Å². The van der Waals surface area contributed by atoms with Gasteiger partial charge in [0, 0.05) is 52.6 Å². The van der Waals surface area contributed by atoms with E-state index in [0.717, 1.165) is 16.9 Å². The molecular formula is C29H25N3O4. The van der Waals surface area contributed by atoms with E-state index in [0.29, 0.717) is 41.5 Å². The Morgan fingerprint density at radius 1 is 1.00 bits per heavy atom. The van der Waals surface area contributed by atoms with Crippen molar-refractivity contribution < 1.29 is 14.8 Å². The zero-order chi connectivity index (χ0) is 25.4. The van der Waals surface area contributed by atoms with Crippen LogP contribution in [0.15, 0.2) is 95.7 Å². The van der Waals surface area contributed by atoms with Crippen LogP contribution >= 0.6 is 0 Å². The first-order chi connectivity index (χ1) is 17.4. The van der Waals surface area contributed by atoms with Crippen LogP contribution < -0.4 is 4.90 Å². The van der Waals surface area contributed by atoms with Crippen molar-refractivity contribution in [1.82, 2.24) is 0 Å². The van der Waals surface area contributed by atoms with Crippen molar-refractivity contribution in [3.8, 4) is 0 Å². The van der Waals surface area contributed by atoms with Crippen LogP contribution in [0.2, 0.25) is 0 Å². The third-order valence-electron chi connectivity index (χ3n) is 6.79. The number of aryl methyl sites for hydroxylation is 1. The van der Waals surface area contributed by atoms with Gasteiger partial charge in [-0.15, -0.1) is 0 Å². The lowest BCUT2D eigenvalue weighted by Gasteiger charge is -2.41. The van der Waals surface area contributed by atoms with Gasteiger partial charge in [0.15, 0.2) is 5.78 Å². The minimum atomic E-state index is -0.720. The van der Waals surface area contributed by atoms with Gasteiger partial charge >= 0.3 is 0 Å². The van der Waals surface area contributed by atoms with Crippen LogP contribution in [0.5, 0.6) is 0 Å². The van der Waals surface area contributed by atoms with Gasteiger partial charge in [0.05, 0.1) is 4.92 Å². The number of allylic oxidation sites excluding steroid dienone is 2. The molecule has 1 aliphatic heterocycles. The molecule has 1 atom stereocenters. The van der Waals surface area contributed by atoms with Gasteiger partial charge in [-0.05, 0) is 37.5 Å². The van der Waals surface area contributed by atoms with Crippen molar-refractivity contribution in [2.45, 2.75) is 32.1 Å². The summed E-state index contributed by atoms with van der Waals surface area (Å²) in [7, 11) is 0. The Morgan fingerprint density at radius 2 is 1.67 bits per heavy atom. The number of nitrogens with zero attached hydrogens (tertiary/aromatic N) is 2. The molecule has 180 valence electrons. The molecule has 5 rings (SSSR count). The number of carbonyl (C=O) groups is 1. The monoisotopic (exact) mass is 479 g/mol. The summed E-state index contributed by atoms with van der Waals surface area (Å²) in [5, 5.41) is 32.1. The number of aliphatic hydroxyl groups excluding tert-OH is 1. The number of hydrogen-bond acceptors (Lipinski definition) is 5. The molecule has 1 aliphatic carbocycles. The fourth-order valence-electron chi connectivity index (χ4n) is 5.04. The molecule has 1 unspecified atom stereocenters. The largest absolute Gasteiger partial charge is 0.507 e. The van der Waals surface area contributed by atoms with E-state index in [-0.39, 0.29) is 23.1 Å². The number of aliphatic hydroxyl groups is 1. The molecule has 0 bridgehead atoms. The summed E-state index contributed by atoms with van der Waals surface area (Å²) in [6.07, 6.45) is 1.65. The van der Waals surface area contributed by atoms with Crippen molar-refractivity contribution in [2.24, 2.45) is 0 Å². The van der Waals surface area contributed by atoms with Crippen LogP contribution in [-0.2, 0) is 4.79 Å². The van der Waals surface area contributed by atoms with Crippen molar-refractivity contribution in [1.29, 1.82) is 5.41 Å². The summed E-state index contributed by atoms with van der Waals surface area (Å²) in [5.41, 5.74) is 4.43. The third kappa shape index (κ3) is 3.98. The maximum Gasteiger partial charge on any atom is 0.269 e. The molecule has 0 fully saturated rings. The normalized spacial score (nSPS) is 19.2. The second-order valence-electron chi connectivity index (χ2n) is 9.07. The minimum absolute atomic E-state index is 0.0396. The van der Waals surface area contributed by atoms with E-state index in [9.17, 15) is 25.4 Å². The number of nitro benzene ring substituents is 1. The number of rotatable bonds is 4. The molecule has 2 N–H and O–H groups in total. The van der Waals surface area contributed by atoms with E-state index < -0.39 is 10.8 Å². The number of nitro groups is 1. The molecule has 0 spiro atoms. The maximum atomic E-state index is 13.5. The lowest BCUT2D eigenvalue weighted by molar-refractivity contribution is -0.384. The van der Waals surface area contributed by atoms with Crippen molar-refractivity contribution in [3.63, 3.8) is 0 Å². The second kappa shape index (κ2) is 9.26. The minimum Gasteiger partial charge on any atom is -0.507 e. The molecule has 0 saturated carbocycles. The smallest absolute Gasteiger partial charge is 0.269 e. The highest BCUT2D eigenvalue weighted by Gasteiger charge is 2.43. The number of non-ortho nitro benzene ring substituents is 1. The molecule has 2 aliphatic rings. The first kappa shape index (κ1) is 23.2. The lowest BCUT2D eigenvalue weighted by atomic mass is 9.73. The Labute approximate surface area is 208 Å². The molecule has 3 aromatic carbocycles. The lowest BCUT2D eigenvalue weighted by Crippen LogP contribution is -2.42. The molecule has 36 heavy (non-hydrogen) atoms. The average Bonchev–Trinajstić information content (AvgIpc) is 2.89. The van der Waals surface area contributed by atoms with E-state index in [1.165, 1.54) is 12.1 Å². The number of para-hydroxylation sites is 1. The Morgan fingerprint density at radius 3 is 2.31 bits per heavy atom. The zero-order valence-corrected chi connectivity index (χ0v) is 19.8. The van der Waals surface area contributed by atoms with Crippen LogP contribution in [0, 0.1) is 22.4 Å². The van der Waals surface area contributed by atoms with Crippen LogP contribution in [0.25, 0.3) is 5.76 Å². The molecule has 0 aromatic heterocycles. The van der Waals surface area contributed by atoms with Crippen LogP contribution in [-0.4, -0.2) is 21.6 Å². The number of hydrogen-bond donors (Lipinski definition) is 2. The van der Waals surface area contributed by atoms with Gasteiger partial charge in [-0.2, -0.15) is 0 Å². The zero-order valence-electron chi connectivity index (χ0n) is 19.8. The molecule has 0 radical (unpaired) electrons. The number of benzene rings is 3. The molecule has 1 heterocycles. The SMILES string of the molecule is Cc1ccc(C(O)=C2C(=N)N(c3ccccc3)C3=C(C(=O)CCC3)C2c2ccc([N+](=O)[O-])cc2)cc1. The van der Waals surface area contributed by atoms with Gasteiger partial charge < -0.3 is 5.11 Å². The predicted octanol–water partition coefficient (Wildman–Crippen LogP) is 6.46. The van der Waals surface area contributed by atoms with Crippen molar-refractivity contribution >= 4 is 28.8 Å². The molecular weight excluding hydrogens is 454 g/mol. The molecule has 7 heteroatoms. The van der Waals surface area contributed by atoms with Gasteiger partial charge in [-0.3, -0.25) is 25.2 Å². The van der Waals surface area contributed by atoms with Crippen LogP contribution in [0.1, 0.15) is 41.9 Å². The van der Waals surface area contributed by atoms with E-state index in [1.54, 1.807) is 29.2 Å². The number of Topliss-reactive ketones (excluding diaryl/α,β-unsaturated/α-hetero) is 1.